The lowest BCUT2D eigenvalue weighted by molar-refractivity contribution is -0.384. The highest BCUT2D eigenvalue weighted by atomic mass is 16.7. The highest BCUT2D eigenvalue weighted by Gasteiger charge is 2.29. The number of aromatic nitrogens is 1. The average molecular weight is 348 g/mol. The lowest BCUT2D eigenvalue weighted by atomic mass is 10.0. The highest BCUT2D eigenvalue weighted by Crippen LogP contribution is 2.32. The van der Waals surface area contributed by atoms with Crippen LogP contribution in [-0.2, 0) is 9.47 Å². The molecule has 0 amide bonds. The zero-order chi connectivity index (χ0) is 17.8. The lowest BCUT2D eigenvalue weighted by Crippen LogP contribution is -2.25. The predicted octanol–water partition coefficient (Wildman–Crippen LogP) is 2.91. The van der Waals surface area contributed by atoms with Crippen molar-refractivity contribution >= 4 is 11.7 Å². The maximum Gasteiger partial charge on any atom is 0.341 e. The van der Waals surface area contributed by atoms with E-state index in [4.69, 9.17) is 14.0 Å². The van der Waals surface area contributed by atoms with Gasteiger partial charge in [-0.2, -0.15) is 0 Å². The van der Waals surface area contributed by atoms with Crippen molar-refractivity contribution in [3.63, 3.8) is 0 Å². The zero-order valence-corrected chi connectivity index (χ0v) is 13.2. The summed E-state index contributed by atoms with van der Waals surface area (Å²) in [5.41, 5.74) is 0.417. The van der Waals surface area contributed by atoms with Crippen molar-refractivity contribution in [2.45, 2.75) is 31.7 Å². The third kappa shape index (κ3) is 3.83. The van der Waals surface area contributed by atoms with E-state index in [1.54, 1.807) is 0 Å². The summed E-state index contributed by atoms with van der Waals surface area (Å²) in [5, 5.41) is 23.9. The van der Waals surface area contributed by atoms with E-state index in [1.807, 2.05) is 0 Å². The van der Waals surface area contributed by atoms with Crippen LogP contribution in [0.3, 0.4) is 0 Å². The van der Waals surface area contributed by atoms with Crippen molar-refractivity contribution in [3.05, 3.63) is 57.5 Å². The van der Waals surface area contributed by atoms with Gasteiger partial charge in [-0.1, -0.05) is 5.16 Å². The number of carboxylic acids is 1. The van der Waals surface area contributed by atoms with Crippen LogP contribution in [0.4, 0.5) is 5.69 Å². The summed E-state index contributed by atoms with van der Waals surface area (Å²) in [5.74, 6) is -1.20. The number of ether oxygens (including phenoxy) is 2. The number of nitro benzene ring substituents is 1. The Bertz CT molecular complexity index is 750. The van der Waals surface area contributed by atoms with E-state index in [2.05, 4.69) is 5.16 Å². The van der Waals surface area contributed by atoms with E-state index >= 15 is 0 Å². The van der Waals surface area contributed by atoms with Crippen molar-refractivity contribution in [1.82, 2.24) is 5.16 Å². The molecule has 9 heteroatoms. The third-order valence-corrected chi connectivity index (χ3v) is 3.91. The van der Waals surface area contributed by atoms with Crippen molar-refractivity contribution in [3.8, 4) is 0 Å². The van der Waals surface area contributed by atoms with Crippen LogP contribution in [0.25, 0.3) is 0 Å². The van der Waals surface area contributed by atoms with Crippen LogP contribution in [-0.4, -0.2) is 34.1 Å². The summed E-state index contributed by atoms with van der Waals surface area (Å²) in [6.07, 6.45) is 2.19. The van der Waals surface area contributed by atoms with Crippen LogP contribution in [0.5, 0.6) is 0 Å². The summed E-state index contributed by atoms with van der Waals surface area (Å²) in [6.45, 7) is 0.558. The number of non-ortho nitro benzene ring substituents is 1. The van der Waals surface area contributed by atoms with Crippen molar-refractivity contribution in [1.29, 1.82) is 0 Å². The monoisotopic (exact) mass is 348 g/mol. The van der Waals surface area contributed by atoms with E-state index in [0.29, 0.717) is 18.6 Å². The van der Waals surface area contributed by atoms with E-state index < -0.39 is 23.3 Å². The van der Waals surface area contributed by atoms with Crippen LogP contribution in [0.2, 0.25) is 0 Å². The molecule has 2 aromatic rings. The molecule has 0 bridgehead atoms. The summed E-state index contributed by atoms with van der Waals surface area (Å²) in [4.78, 5) is 21.7. The number of hydrogen-bond acceptors (Lipinski definition) is 7. The van der Waals surface area contributed by atoms with Crippen LogP contribution in [0.1, 0.15) is 47.0 Å². The lowest BCUT2D eigenvalue weighted by Gasteiger charge is -2.27. The standard InChI is InChI=1S/C16H16N2O7/c19-16(20)12-9-24-17-14(12)15(25-13-3-1-2-8-23-13)10-4-6-11(7-5-10)18(21)22/h4-7,9,13,15H,1-3,8H2,(H,19,20)/t13-,15-/m1/s1. The Labute approximate surface area is 142 Å². The van der Waals surface area contributed by atoms with Gasteiger partial charge < -0.3 is 19.1 Å². The first-order valence-electron chi connectivity index (χ1n) is 7.75. The van der Waals surface area contributed by atoms with Gasteiger partial charge in [-0.3, -0.25) is 10.1 Å². The van der Waals surface area contributed by atoms with Gasteiger partial charge in [-0.05, 0) is 37.0 Å². The zero-order valence-electron chi connectivity index (χ0n) is 13.2. The molecule has 0 saturated carbocycles. The number of carboxylic acid groups (broad SMARTS) is 1. The van der Waals surface area contributed by atoms with Crippen molar-refractivity contribution in [2.24, 2.45) is 0 Å². The van der Waals surface area contributed by atoms with Gasteiger partial charge in [-0.25, -0.2) is 4.79 Å². The molecule has 1 fully saturated rings. The summed E-state index contributed by atoms with van der Waals surface area (Å²) in [6, 6.07) is 5.67. The molecule has 1 aliphatic rings. The van der Waals surface area contributed by atoms with Gasteiger partial charge in [0.15, 0.2) is 6.29 Å². The van der Waals surface area contributed by atoms with E-state index in [0.717, 1.165) is 19.1 Å². The van der Waals surface area contributed by atoms with Gasteiger partial charge >= 0.3 is 5.97 Å². The first-order chi connectivity index (χ1) is 12.1. The second-order valence-electron chi connectivity index (χ2n) is 5.58. The van der Waals surface area contributed by atoms with Crippen molar-refractivity contribution in [2.75, 3.05) is 6.61 Å². The Hall–Kier alpha value is -2.78. The number of rotatable bonds is 6. The number of aromatic carboxylic acids is 1. The quantitative estimate of drug-likeness (QED) is 0.624. The molecule has 25 heavy (non-hydrogen) atoms. The minimum Gasteiger partial charge on any atom is -0.478 e. The Balaban J connectivity index is 1.94. The highest BCUT2D eigenvalue weighted by molar-refractivity contribution is 5.88. The Morgan fingerprint density at radius 1 is 1.36 bits per heavy atom. The molecule has 0 unspecified atom stereocenters. The summed E-state index contributed by atoms with van der Waals surface area (Å²) < 4.78 is 16.3. The predicted molar refractivity (Wildman–Crippen MR) is 83.1 cm³/mol. The molecular weight excluding hydrogens is 332 g/mol. The third-order valence-electron chi connectivity index (χ3n) is 3.91. The van der Waals surface area contributed by atoms with E-state index in [-0.39, 0.29) is 16.9 Å². The Morgan fingerprint density at radius 3 is 2.72 bits per heavy atom. The second kappa shape index (κ2) is 7.41. The topological polar surface area (TPSA) is 125 Å². The molecule has 0 aliphatic carbocycles. The number of carbonyl (C=O) groups is 1. The first-order valence-corrected chi connectivity index (χ1v) is 7.75. The molecule has 1 aromatic heterocycles. The van der Waals surface area contributed by atoms with Gasteiger partial charge in [-0.15, -0.1) is 0 Å². The largest absolute Gasteiger partial charge is 0.478 e. The minimum atomic E-state index is -1.20. The van der Waals surface area contributed by atoms with Crippen LogP contribution in [0.15, 0.2) is 35.1 Å². The van der Waals surface area contributed by atoms with Gasteiger partial charge in [0.1, 0.15) is 23.6 Å². The summed E-state index contributed by atoms with van der Waals surface area (Å²) >= 11 is 0. The fraction of sp³-hybridized carbons (Fsp3) is 0.375. The van der Waals surface area contributed by atoms with Gasteiger partial charge in [0.25, 0.3) is 5.69 Å². The number of benzene rings is 1. The maximum absolute atomic E-state index is 11.4. The molecule has 0 radical (unpaired) electrons. The molecule has 9 nitrogen and oxygen atoms in total. The fourth-order valence-electron chi connectivity index (χ4n) is 2.64. The molecule has 3 rings (SSSR count). The normalized spacial score (nSPS) is 18.6. The van der Waals surface area contributed by atoms with Crippen LogP contribution < -0.4 is 0 Å². The Kier molecular flexibility index (Phi) is 5.05. The minimum absolute atomic E-state index is 0.0740. The molecule has 1 aromatic carbocycles. The molecule has 1 aliphatic heterocycles. The number of nitrogens with zero attached hydrogens (tertiary/aromatic N) is 2. The second-order valence-corrected chi connectivity index (χ2v) is 5.58. The van der Waals surface area contributed by atoms with Gasteiger partial charge in [0.2, 0.25) is 0 Å². The summed E-state index contributed by atoms with van der Waals surface area (Å²) in [7, 11) is 0. The SMILES string of the molecule is O=C(O)c1conc1[C@H](O[C@@H]1CCCCO1)c1ccc([N+](=O)[O-])cc1. The molecule has 2 atom stereocenters. The smallest absolute Gasteiger partial charge is 0.341 e. The van der Waals surface area contributed by atoms with Crippen LogP contribution >= 0.6 is 0 Å². The van der Waals surface area contributed by atoms with E-state index in [9.17, 15) is 20.0 Å². The molecule has 1 N–H and O–H groups in total. The van der Waals surface area contributed by atoms with Crippen LogP contribution in [0, 0.1) is 10.1 Å². The number of hydrogen-bond donors (Lipinski definition) is 1. The number of nitro groups is 1. The molecule has 0 spiro atoms. The van der Waals surface area contributed by atoms with Gasteiger partial charge in [0.05, 0.1) is 4.92 Å². The first kappa shape index (κ1) is 17.1. The average Bonchev–Trinajstić information content (AvgIpc) is 3.10. The fourth-order valence-corrected chi connectivity index (χ4v) is 2.64. The maximum atomic E-state index is 11.4. The molecule has 2 heterocycles. The Morgan fingerprint density at radius 2 is 2.12 bits per heavy atom. The van der Waals surface area contributed by atoms with Gasteiger partial charge in [0, 0.05) is 18.7 Å². The molecular formula is C16H16N2O7. The molecule has 132 valence electrons. The van der Waals surface area contributed by atoms with Crippen molar-refractivity contribution < 1.29 is 28.8 Å². The molecule has 1 saturated heterocycles. The van der Waals surface area contributed by atoms with E-state index in [1.165, 1.54) is 24.3 Å².